The van der Waals surface area contributed by atoms with Crippen molar-refractivity contribution in [2.75, 3.05) is 5.32 Å². The minimum Gasteiger partial charge on any atom is -0.324 e. The van der Waals surface area contributed by atoms with Crippen LogP contribution in [-0.4, -0.2) is 15.0 Å². The third-order valence-electron chi connectivity index (χ3n) is 2.81. The van der Waals surface area contributed by atoms with Gasteiger partial charge in [0.15, 0.2) is 0 Å². The lowest BCUT2D eigenvalue weighted by molar-refractivity contribution is 1.12. The number of rotatable bonds is 3. The van der Waals surface area contributed by atoms with E-state index in [1.54, 1.807) is 24.7 Å². The highest BCUT2D eigenvalue weighted by molar-refractivity contribution is 5.62. The van der Waals surface area contributed by atoms with E-state index in [9.17, 15) is 4.79 Å². The fourth-order valence-electron chi connectivity index (χ4n) is 1.86. The average Bonchev–Trinajstić information content (AvgIpc) is 2.49. The van der Waals surface area contributed by atoms with Crippen molar-refractivity contribution in [3.63, 3.8) is 0 Å². The van der Waals surface area contributed by atoms with Crippen molar-refractivity contribution >= 4 is 11.6 Å². The summed E-state index contributed by atoms with van der Waals surface area (Å²) < 4.78 is 0. The predicted octanol–water partition coefficient (Wildman–Crippen LogP) is 2.58. The maximum atomic E-state index is 12.1. The van der Waals surface area contributed by atoms with E-state index in [-0.39, 0.29) is 5.56 Å². The fraction of sp³-hybridized carbons (Fsp3) is 0. The summed E-state index contributed by atoms with van der Waals surface area (Å²) in [7, 11) is 0. The molecule has 0 amide bonds. The molecular formula is C15H12N4O. The minimum atomic E-state index is -0.183. The summed E-state index contributed by atoms with van der Waals surface area (Å²) in [6, 6.07) is 13.1. The maximum Gasteiger partial charge on any atom is 0.260 e. The number of benzene rings is 1. The van der Waals surface area contributed by atoms with Gasteiger partial charge in [-0.2, -0.15) is 0 Å². The van der Waals surface area contributed by atoms with Crippen LogP contribution in [0.25, 0.3) is 11.1 Å². The number of aromatic nitrogens is 3. The van der Waals surface area contributed by atoms with Crippen LogP contribution < -0.4 is 10.9 Å². The molecule has 98 valence electrons. The molecule has 2 aromatic heterocycles. The highest BCUT2D eigenvalue weighted by Crippen LogP contribution is 2.15. The molecule has 5 heteroatoms. The van der Waals surface area contributed by atoms with Gasteiger partial charge in [0.1, 0.15) is 0 Å². The first-order valence-corrected chi connectivity index (χ1v) is 6.15. The van der Waals surface area contributed by atoms with Gasteiger partial charge >= 0.3 is 0 Å². The number of aromatic amines is 1. The monoisotopic (exact) mass is 264 g/mol. The second kappa shape index (κ2) is 5.36. The van der Waals surface area contributed by atoms with Crippen molar-refractivity contribution in [2.45, 2.75) is 0 Å². The van der Waals surface area contributed by atoms with E-state index in [0.29, 0.717) is 11.5 Å². The van der Waals surface area contributed by atoms with Gasteiger partial charge in [-0.1, -0.05) is 30.3 Å². The van der Waals surface area contributed by atoms with Gasteiger partial charge in [0.2, 0.25) is 5.95 Å². The van der Waals surface area contributed by atoms with Gasteiger partial charge in [-0.3, -0.25) is 14.8 Å². The van der Waals surface area contributed by atoms with Crippen LogP contribution in [-0.2, 0) is 0 Å². The Bertz CT molecular complexity index is 754. The lowest BCUT2D eigenvalue weighted by Gasteiger charge is -2.05. The normalized spacial score (nSPS) is 10.2. The molecule has 1 aromatic carbocycles. The van der Waals surface area contributed by atoms with Crippen LogP contribution in [0.3, 0.4) is 0 Å². The smallest absolute Gasteiger partial charge is 0.260 e. The average molecular weight is 264 g/mol. The number of nitrogens with one attached hydrogen (secondary N) is 2. The number of hydrogen-bond donors (Lipinski definition) is 2. The fourth-order valence-corrected chi connectivity index (χ4v) is 1.86. The third-order valence-corrected chi connectivity index (χ3v) is 2.81. The minimum absolute atomic E-state index is 0.183. The molecule has 2 heterocycles. The first kappa shape index (κ1) is 12.1. The van der Waals surface area contributed by atoms with E-state index in [2.05, 4.69) is 20.3 Å². The van der Waals surface area contributed by atoms with Crippen LogP contribution in [0.5, 0.6) is 0 Å². The van der Waals surface area contributed by atoms with Crippen molar-refractivity contribution in [1.29, 1.82) is 0 Å². The molecule has 0 saturated heterocycles. The lowest BCUT2D eigenvalue weighted by atomic mass is 10.1. The molecule has 5 nitrogen and oxygen atoms in total. The van der Waals surface area contributed by atoms with Crippen LogP contribution >= 0.6 is 0 Å². The Balaban J connectivity index is 1.91. The second-order valence-corrected chi connectivity index (χ2v) is 4.21. The molecule has 0 unspecified atom stereocenters. The standard InChI is InChI=1S/C15H12N4O/c20-14-13(11-5-2-1-3-6-11)10-17-15(19-14)18-12-7-4-8-16-9-12/h1-10H,(H2,17,18,19,20). The highest BCUT2D eigenvalue weighted by atomic mass is 16.1. The zero-order valence-corrected chi connectivity index (χ0v) is 10.6. The molecular weight excluding hydrogens is 252 g/mol. The van der Waals surface area contributed by atoms with E-state index < -0.39 is 0 Å². The zero-order chi connectivity index (χ0) is 13.8. The van der Waals surface area contributed by atoms with Gasteiger partial charge in [0.25, 0.3) is 5.56 Å². The first-order chi connectivity index (χ1) is 9.83. The molecule has 0 atom stereocenters. The summed E-state index contributed by atoms with van der Waals surface area (Å²) in [5.74, 6) is 0.391. The van der Waals surface area contributed by atoms with Gasteiger partial charge in [0.05, 0.1) is 17.4 Å². The van der Waals surface area contributed by atoms with E-state index in [1.165, 1.54) is 0 Å². The van der Waals surface area contributed by atoms with Gasteiger partial charge in [-0.15, -0.1) is 0 Å². The molecule has 0 radical (unpaired) electrons. The molecule has 0 saturated carbocycles. The van der Waals surface area contributed by atoms with Crippen molar-refractivity contribution in [1.82, 2.24) is 15.0 Å². The van der Waals surface area contributed by atoms with Gasteiger partial charge in [-0.05, 0) is 17.7 Å². The van der Waals surface area contributed by atoms with Crippen LogP contribution in [0.4, 0.5) is 11.6 Å². The highest BCUT2D eigenvalue weighted by Gasteiger charge is 2.05. The largest absolute Gasteiger partial charge is 0.324 e. The van der Waals surface area contributed by atoms with E-state index in [4.69, 9.17) is 0 Å². The molecule has 0 spiro atoms. The first-order valence-electron chi connectivity index (χ1n) is 6.15. The topological polar surface area (TPSA) is 70.7 Å². The lowest BCUT2D eigenvalue weighted by Crippen LogP contribution is -2.12. The Morgan fingerprint density at radius 1 is 1.00 bits per heavy atom. The quantitative estimate of drug-likeness (QED) is 0.762. The summed E-state index contributed by atoms with van der Waals surface area (Å²) >= 11 is 0. The predicted molar refractivity (Wildman–Crippen MR) is 77.8 cm³/mol. The Hall–Kier alpha value is -2.95. The Morgan fingerprint density at radius 3 is 2.55 bits per heavy atom. The molecule has 0 fully saturated rings. The number of anilines is 2. The molecule has 20 heavy (non-hydrogen) atoms. The molecule has 3 rings (SSSR count). The SMILES string of the molecule is O=c1[nH]c(Nc2cccnc2)ncc1-c1ccccc1. The summed E-state index contributed by atoms with van der Waals surface area (Å²) in [5, 5.41) is 2.99. The van der Waals surface area contributed by atoms with Gasteiger partial charge < -0.3 is 5.32 Å². The van der Waals surface area contributed by atoms with Crippen LogP contribution in [0.15, 0.2) is 65.8 Å². The van der Waals surface area contributed by atoms with Crippen molar-refractivity contribution in [3.8, 4) is 11.1 Å². The number of pyridine rings is 1. The number of hydrogen-bond acceptors (Lipinski definition) is 4. The third kappa shape index (κ3) is 2.56. The van der Waals surface area contributed by atoms with Gasteiger partial charge in [0, 0.05) is 12.4 Å². The number of H-pyrrole nitrogens is 1. The summed E-state index contributed by atoms with van der Waals surface area (Å²) in [6.07, 6.45) is 4.90. The molecule has 0 aliphatic rings. The van der Waals surface area contributed by atoms with E-state index >= 15 is 0 Å². The Kier molecular flexibility index (Phi) is 3.24. The maximum absolute atomic E-state index is 12.1. The molecule has 2 N–H and O–H groups in total. The van der Waals surface area contributed by atoms with Crippen LogP contribution in [0, 0.1) is 0 Å². The molecule has 0 bridgehead atoms. The van der Waals surface area contributed by atoms with Crippen molar-refractivity contribution in [2.24, 2.45) is 0 Å². The molecule has 0 aliphatic heterocycles. The summed E-state index contributed by atoms with van der Waals surface area (Å²) in [6.45, 7) is 0. The van der Waals surface area contributed by atoms with Crippen LogP contribution in [0.2, 0.25) is 0 Å². The van der Waals surface area contributed by atoms with Crippen molar-refractivity contribution in [3.05, 3.63) is 71.4 Å². The van der Waals surface area contributed by atoms with E-state index in [1.807, 2.05) is 36.4 Å². The van der Waals surface area contributed by atoms with Crippen LogP contribution in [0.1, 0.15) is 0 Å². The summed E-state index contributed by atoms with van der Waals surface area (Å²) in [4.78, 5) is 23.0. The summed E-state index contributed by atoms with van der Waals surface area (Å²) in [5.41, 5.74) is 1.97. The Labute approximate surface area is 115 Å². The molecule has 3 aromatic rings. The van der Waals surface area contributed by atoms with E-state index in [0.717, 1.165) is 11.3 Å². The molecule has 0 aliphatic carbocycles. The number of nitrogens with zero attached hydrogens (tertiary/aromatic N) is 2. The second-order valence-electron chi connectivity index (χ2n) is 4.21. The van der Waals surface area contributed by atoms with Gasteiger partial charge in [-0.25, -0.2) is 4.98 Å². The van der Waals surface area contributed by atoms with Crippen molar-refractivity contribution < 1.29 is 0 Å². The Morgan fingerprint density at radius 2 is 1.85 bits per heavy atom. The zero-order valence-electron chi connectivity index (χ0n) is 10.6.